The summed E-state index contributed by atoms with van der Waals surface area (Å²) in [5.74, 6) is 0. The summed E-state index contributed by atoms with van der Waals surface area (Å²) in [6.07, 6.45) is 5.04. The number of nitrogens with zero attached hydrogens (tertiary/aromatic N) is 2. The number of hydrogen-bond acceptors (Lipinski definition) is 3. The molecular formula is C43H42IrN2OSi-2. The molecule has 4 aromatic carbocycles. The number of hydrogen-bond donors (Lipinski definition) is 0. The molecule has 0 amide bonds. The number of rotatable bonds is 5. The normalized spacial score (nSPS) is 11.6. The topological polar surface area (TPSA) is 38.9 Å². The predicted molar refractivity (Wildman–Crippen MR) is 201 cm³/mol. The van der Waals surface area contributed by atoms with Crippen molar-refractivity contribution in [2.24, 2.45) is 5.41 Å². The summed E-state index contributed by atoms with van der Waals surface area (Å²) in [5, 5.41) is 3.71. The molecule has 1 radical (unpaired) electrons. The molecule has 0 fully saturated rings. The van der Waals surface area contributed by atoms with Crippen molar-refractivity contribution in [3.8, 4) is 33.6 Å². The Balaban J connectivity index is 0.000000189. The zero-order valence-electron chi connectivity index (χ0n) is 28.8. The molecule has 0 aliphatic carbocycles. The molecule has 48 heavy (non-hydrogen) atoms. The SMILES string of the molecule is CC(C)(C)Cc1cc(-c2[c-]cccc2)ncc1[Si](C)(C)C.Cc1ccnc(-c2[c-]ccc3c2oc2cccc(-c4ccccc4)c23)c1.[Ir]. The molecule has 0 unspecified atom stereocenters. The van der Waals surface area contributed by atoms with Crippen molar-refractivity contribution in [1.29, 1.82) is 0 Å². The zero-order chi connectivity index (χ0) is 33.2. The van der Waals surface area contributed by atoms with Crippen LogP contribution in [-0.2, 0) is 26.5 Å². The number of benzene rings is 4. The van der Waals surface area contributed by atoms with E-state index in [2.05, 4.69) is 125 Å². The van der Waals surface area contributed by atoms with Crippen LogP contribution in [0.25, 0.3) is 55.6 Å². The maximum absolute atomic E-state index is 6.27. The molecule has 0 aliphatic heterocycles. The second-order valence-corrected chi connectivity index (χ2v) is 19.5. The molecule has 7 aromatic rings. The van der Waals surface area contributed by atoms with Gasteiger partial charge in [-0.3, -0.25) is 0 Å². The maximum Gasteiger partial charge on any atom is 0.121 e. The van der Waals surface area contributed by atoms with Gasteiger partial charge in [-0.2, -0.15) is 0 Å². The van der Waals surface area contributed by atoms with Crippen molar-refractivity contribution in [3.63, 3.8) is 0 Å². The third kappa shape index (κ3) is 7.93. The summed E-state index contributed by atoms with van der Waals surface area (Å²) in [6.45, 7) is 16.2. The number of pyridine rings is 2. The van der Waals surface area contributed by atoms with E-state index in [0.29, 0.717) is 0 Å². The Labute approximate surface area is 299 Å². The van der Waals surface area contributed by atoms with Gasteiger partial charge in [0.1, 0.15) is 5.58 Å². The Morgan fingerprint density at radius 3 is 2.23 bits per heavy atom. The molecule has 0 spiro atoms. The van der Waals surface area contributed by atoms with Gasteiger partial charge in [-0.05, 0) is 58.6 Å². The fourth-order valence-electron chi connectivity index (χ4n) is 6.10. The predicted octanol–water partition coefficient (Wildman–Crippen LogP) is 11.1. The first-order valence-corrected chi connectivity index (χ1v) is 19.8. The molecule has 0 saturated carbocycles. The Morgan fingerprint density at radius 2 is 1.54 bits per heavy atom. The minimum atomic E-state index is -1.37. The summed E-state index contributed by atoms with van der Waals surface area (Å²) in [7, 11) is -1.37. The van der Waals surface area contributed by atoms with Crippen molar-refractivity contribution in [2.75, 3.05) is 0 Å². The molecule has 5 heteroatoms. The molecule has 0 N–H and O–H groups in total. The van der Waals surface area contributed by atoms with E-state index in [1.807, 2.05) is 54.7 Å². The van der Waals surface area contributed by atoms with Gasteiger partial charge < -0.3 is 14.4 Å². The third-order valence-corrected chi connectivity index (χ3v) is 10.3. The average Bonchev–Trinajstić information content (AvgIpc) is 3.44. The van der Waals surface area contributed by atoms with Crippen LogP contribution in [0.3, 0.4) is 0 Å². The molecule has 245 valence electrons. The van der Waals surface area contributed by atoms with Gasteiger partial charge in [-0.1, -0.05) is 117 Å². The van der Waals surface area contributed by atoms with E-state index in [4.69, 9.17) is 9.40 Å². The summed E-state index contributed by atoms with van der Waals surface area (Å²) in [5.41, 5.74) is 10.9. The smallest absolute Gasteiger partial charge is 0.121 e. The summed E-state index contributed by atoms with van der Waals surface area (Å²) < 4.78 is 6.27. The van der Waals surface area contributed by atoms with Crippen LogP contribution in [0.15, 0.2) is 120 Å². The average molecular weight is 823 g/mol. The first-order valence-electron chi connectivity index (χ1n) is 16.3. The molecule has 7 rings (SSSR count). The monoisotopic (exact) mass is 823 g/mol. The Kier molecular flexibility index (Phi) is 10.6. The van der Waals surface area contributed by atoms with Crippen LogP contribution < -0.4 is 5.19 Å². The van der Waals surface area contributed by atoms with Crippen LogP contribution >= 0.6 is 0 Å². The maximum atomic E-state index is 6.27. The first kappa shape index (κ1) is 35.2. The van der Waals surface area contributed by atoms with Crippen molar-refractivity contribution in [1.82, 2.24) is 9.97 Å². The molecule has 0 bridgehead atoms. The largest absolute Gasteiger partial charge is 0.501 e. The van der Waals surface area contributed by atoms with Gasteiger partial charge in [0.15, 0.2) is 0 Å². The number of fused-ring (bicyclic) bond motifs is 3. The van der Waals surface area contributed by atoms with Crippen LogP contribution in [0, 0.1) is 24.5 Å². The number of aryl methyl sites for hydroxylation is 1. The summed E-state index contributed by atoms with van der Waals surface area (Å²) in [4.78, 5) is 9.23. The van der Waals surface area contributed by atoms with E-state index in [1.54, 1.807) is 0 Å². The summed E-state index contributed by atoms with van der Waals surface area (Å²) >= 11 is 0. The minimum Gasteiger partial charge on any atom is -0.501 e. The van der Waals surface area contributed by atoms with Gasteiger partial charge in [0.05, 0.1) is 13.7 Å². The fraction of sp³-hybridized carbons (Fsp3) is 0.209. The van der Waals surface area contributed by atoms with Crippen LogP contribution in [0.1, 0.15) is 31.9 Å². The van der Waals surface area contributed by atoms with Gasteiger partial charge in [-0.25, -0.2) is 0 Å². The standard InChI is InChI=1S/C24H16NO.C19H26NSi.Ir/c1-16-13-14-25-21(15-16)19-10-5-11-20-23-18(17-7-3-2-4-8-17)9-6-12-22(23)26-24(19)20;1-19(2,3)13-16-12-17(15-10-8-7-9-11-15)20-14-18(16)21(4,5)6;/h2-9,11-15H,1H3;7-10,12,14H,13H2,1-6H3;/q2*-1;. The van der Waals surface area contributed by atoms with E-state index in [1.165, 1.54) is 27.4 Å². The number of furan rings is 1. The van der Waals surface area contributed by atoms with Crippen LogP contribution in [0.4, 0.5) is 0 Å². The molecule has 0 aliphatic rings. The van der Waals surface area contributed by atoms with Gasteiger partial charge in [0, 0.05) is 37.9 Å². The second kappa shape index (κ2) is 14.5. The van der Waals surface area contributed by atoms with E-state index in [9.17, 15) is 0 Å². The molecule has 3 aromatic heterocycles. The van der Waals surface area contributed by atoms with Crippen LogP contribution in [-0.4, -0.2) is 18.0 Å². The second-order valence-electron chi connectivity index (χ2n) is 14.5. The van der Waals surface area contributed by atoms with Crippen molar-refractivity contribution in [3.05, 3.63) is 139 Å². The number of aromatic nitrogens is 2. The Morgan fingerprint density at radius 1 is 0.771 bits per heavy atom. The molecular weight excluding hydrogens is 781 g/mol. The van der Waals surface area contributed by atoms with Crippen molar-refractivity contribution < 1.29 is 24.5 Å². The van der Waals surface area contributed by atoms with E-state index in [0.717, 1.165) is 50.9 Å². The van der Waals surface area contributed by atoms with E-state index >= 15 is 0 Å². The Bertz CT molecular complexity index is 2140. The van der Waals surface area contributed by atoms with Gasteiger partial charge >= 0.3 is 0 Å². The van der Waals surface area contributed by atoms with Crippen molar-refractivity contribution >= 4 is 35.2 Å². The van der Waals surface area contributed by atoms with Gasteiger partial charge in [-0.15, -0.1) is 54.1 Å². The minimum absolute atomic E-state index is 0. The van der Waals surface area contributed by atoms with Crippen molar-refractivity contribution in [2.45, 2.75) is 53.8 Å². The molecule has 0 atom stereocenters. The van der Waals surface area contributed by atoms with Gasteiger partial charge in [0.25, 0.3) is 0 Å². The van der Waals surface area contributed by atoms with E-state index < -0.39 is 8.07 Å². The molecule has 3 nitrogen and oxygen atoms in total. The third-order valence-electron chi connectivity index (χ3n) is 8.22. The van der Waals surface area contributed by atoms with Crippen LogP contribution in [0.5, 0.6) is 0 Å². The van der Waals surface area contributed by atoms with Gasteiger partial charge in [0.2, 0.25) is 0 Å². The van der Waals surface area contributed by atoms with Crippen LogP contribution in [0.2, 0.25) is 19.6 Å². The fourth-order valence-corrected chi connectivity index (χ4v) is 7.68. The quantitative estimate of drug-likeness (QED) is 0.128. The molecule has 3 heterocycles. The molecule has 0 saturated heterocycles. The Hall–Kier alpha value is -4.15. The zero-order valence-corrected chi connectivity index (χ0v) is 32.2. The summed E-state index contributed by atoms with van der Waals surface area (Å²) in [6, 6.07) is 41.7. The first-order chi connectivity index (χ1) is 22.5. The van der Waals surface area contributed by atoms with E-state index in [-0.39, 0.29) is 25.5 Å².